The van der Waals surface area contributed by atoms with Crippen LogP contribution in [0.5, 0.6) is 0 Å². The molecular formula is C11H16BrN3O2S2. The van der Waals surface area contributed by atoms with Crippen LogP contribution in [0.25, 0.3) is 0 Å². The summed E-state index contributed by atoms with van der Waals surface area (Å²) in [4.78, 5) is 0. The minimum absolute atomic E-state index is 0.178. The van der Waals surface area contributed by atoms with Crippen LogP contribution in [-0.2, 0) is 23.3 Å². The molecule has 19 heavy (non-hydrogen) atoms. The Morgan fingerprint density at radius 1 is 1.58 bits per heavy atom. The Labute approximate surface area is 125 Å². The van der Waals surface area contributed by atoms with E-state index in [0.717, 1.165) is 27.6 Å². The molecule has 1 saturated heterocycles. The summed E-state index contributed by atoms with van der Waals surface area (Å²) in [6, 6.07) is 0. The van der Waals surface area contributed by atoms with Crippen LogP contribution in [0.2, 0.25) is 0 Å². The highest BCUT2D eigenvalue weighted by molar-refractivity contribution is 9.11. The van der Waals surface area contributed by atoms with Crippen LogP contribution in [0.15, 0.2) is 16.2 Å². The molecule has 1 fully saturated rings. The summed E-state index contributed by atoms with van der Waals surface area (Å²) in [5.41, 5.74) is 0. The van der Waals surface area contributed by atoms with E-state index in [0.29, 0.717) is 12.2 Å². The molecule has 0 amide bonds. The molecular weight excluding hydrogens is 350 g/mol. The van der Waals surface area contributed by atoms with Gasteiger partial charge in [0.05, 0.1) is 11.5 Å². The molecule has 0 unspecified atom stereocenters. The van der Waals surface area contributed by atoms with Gasteiger partial charge in [-0.15, -0.1) is 10.2 Å². The maximum absolute atomic E-state index is 11.4. The van der Waals surface area contributed by atoms with Crippen molar-refractivity contribution in [2.75, 3.05) is 17.3 Å². The lowest BCUT2D eigenvalue weighted by Crippen LogP contribution is -2.11. The summed E-state index contributed by atoms with van der Waals surface area (Å²) in [6.07, 6.45) is 1.41. The molecule has 0 aromatic carbocycles. The minimum Gasteiger partial charge on any atom is -0.309 e. The smallest absolute Gasteiger partial charge is 0.191 e. The number of hydrogen-bond acceptors (Lipinski definition) is 5. The number of aromatic nitrogens is 3. The van der Waals surface area contributed by atoms with E-state index in [1.807, 2.05) is 11.6 Å². The van der Waals surface area contributed by atoms with Crippen LogP contribution in [-0.4, -0.2) is 40.4 Å². The van der Waals surface area contributed by atoms with E-state index >= 15 is 0 Å². The SMILES string of the molecule is C=C(Br)CSc1nnc(C[C@@H]2CCS(=O)(=O)C2)n1C. The Kier molecular flexibility index (Phi) is 4.73. The van der Waals surface area contributed by atoms with E-state index in [-0.39, 0.29) is 11.7 Å². The van der Waals surface area contributed by atoms with Crippen LogP contribution in [0.1, 0.15) is 12.2 Å². The average molecular weight is 366 g/mol. The summed E-state index contributed by atoms with van der Waals surface area (Å²) in [6.45, 7) is 3.78. The van der Waals surface area contributed by atoms with Gasteiger partial charge >= 0.3 is 0 Å². The zero-order valence-electron chi connectivity index (χ0n) is 10.7. The first kappa shape index (κ1) is 15.1. The van der Waals surface area contributed by atoms with Crippen molar-refractivity contribution in [1.29, 1.82) is 0 Å². The van der Waals surface area contributed by atoms with Crippen molar-refractivity contribution in [2.45, 2.75) is 18.0 Å². The number of thioether (sulfide) groups is 1. The Morgan fingerprint density at radius 3 is 2.89 bits per heavy atom. The number of sulfone groups is 1. The van der Waals surface area contributed by atoms with Gasteiger partial charge in [0.2, 0.25) is 0 Å². The molecule has 1 aromatic heterocycles. The lowest BCUT2D eigenvalue weighted by molar-refractivity contribution is 0.552. The largest absolute Gasteiger partial charge is 0.309 e. The molecule has 0 spiro atoms. The molecule has 2 rings (SSSR count). The average Bonchev–Trinajstić information content (AvgIpc) is 2.82. The summed E-state index contributed by atoms with van der Waals surface area (Å²) in [5, 5.41) is 9.12. The molecule has 1 aliphatic rings. The number of nitrogens with zero attached hydrogens (tertiary/aromatic N) is 3. The van der Waals surface area contributed by atoms with E-state index in [1.165, 1.54) is 0 Å². The van der Waals surface area contributed by atoms with Crippen LogP contribution in [0.3, 0.4) is 0 Å². The zero-order valence-corrected chi connectivity index (χ0v) is 13.9. The van der Waals surface area contributed by atoms with Crippen LogP contribution in [0, 0.1) is 5.92 Å². The molecule has 0 N–H and O–H groups in total. The Bertz CT molecular complexity index is 583. The fourth-order valence-electron chi connectivity index (χ4n) is 2.08. The van der Waals surface area contributed by atoms with Crippen LogP contribution in [0.4, 0.5) is 0 Å². The summed E-state index contributed by atoms with van der Waals surface area (Å²) < 4.78 is 25.7. The highest BCUT2D eigenvalue weighted by Gasteiger charge is 2.29. The van der Waals surface area contributed by atoms with Gasteiger partial charge in [-0.25, -0.2) is 8.42 Å². The van der Waals surface area contributed by atoms with Crippen LogP contribution < -0.4 is 0 Å². The first-order valence-electron chi connectivity index (χ1n) is 5.92. The Hall–Kier alpha value is -0.340. The van der Waals surface area contributed by atoms with Gasteiger partial charge in [-0.05, 0) is 16.8 Å². The molecule has 2 heterocycles. The van der Waals surface area contributed by atoms with Crippen LogP contribution >= 0.6 is 27.7 Å². The van der Waals surface area contributed by atoms with Crippen molar-refractivity contribution in [3.63, 3.8) is 0 Å². The van der Waals surface area contributed by atoms with Gasteiger partial charge in [0, 0.05) is 19.2 Å². The molecule has 5 nitrogen and oxygen atoms in total. The normalized spacial score (nSPS) is 21.7. The van der Waals surface area contributed by atoms with E-state index in [4.69, 9.17) is 0 Å². The third-order valence-corrected chi connectivity index (χ3v) is 6.68. The standard InChI is InChI=1S/C11H16BrN3O2S2/c1-8(12)6-18-11-14-13-10(15(11)2)5-9-3-4-19(16,17)7-9/h9H,1,3-7H2,2H3/t9-/m0/s1. The first-order chi connectivity index (χ1) is 8.87. The molecule has 0 radical (unpaired) electrons. The molecule has 106 valence electrons. The van der Waals surface area contributed by atoms with Gasteiger partial charge in [-0.2, -0.15) is 0 Å². The van der Waals surface area contributed by atoms with Gasteiger partial charge < -0.3 is 4.57 Å². The van der Waals surface area contributed by atoms with Crippen molar-refractivity contribution < 1.29 is 8.42 Å². The highest BCUT2D eigenvalue weighted by atomic mass is 79.9. The third kappa shape index (κ3) is 4.06. The van der Waals surface area contributed by atoms with Crippen molar-refractivity contribution in [3.05, 3.63) is 16.9 Å². The van der Waals surface area contributed by atoms with E-state index in [2.05, 4.69) is 32.7 Å². The quantitative estimate of drug-likeness (QED) is 0.744. The molecule has 1 aromatic rings. The summed E-state index contributed by atoms with van der Waals surface area (Å²) in [5.74, 6) is 2.35. The molecule has 0 bridgehead atoms. The number of hydrogen-bond donors (Lipinski definition) is 0. The zero-order chi connectivity index (χ0) is 14.0. The molecule has 8 heteroatoms. The van der Waals surface area contributed by atoms with E-state index in [1.54, 1.807) is 11.8 Å². The predicted octanol–water partition coefficient (Wildman–Crippen LogP) is 1.79. The van der Waals surface area contributed by atoms with Crippen molar-refractivity contribution in [3.8, 4) is 0 Å². The Morgan fingerprint density at radius 2 is 2.32 bits per heavy atom. The van der Waals surface area contributed by atoms with Gasteiger partial charge in [0.25, 0.3) is 0 Å². The lowest BCUT2D eigenvalue weighted by atomic mass is 10.1. The second kappa shape index (κ2) is 5.97. The lowest BCUT2D eigenvalue weighted by Gasteiger charge is -2.07. The molecule has 1 atom stereocenters. The maximum Gasteiger partial charge on any atom is 0.191 e. The molecule has 0 aliphatic carbocycles. The predicted molar refractivity (Wildman–Crippen MR) is 80.3 cm³/mol. The van der Waals surface area contributed by atoms with Crippen molar-refractivity contribution in [2.24, 2.45) is 13.0 Å². The summed E-state index contributed by atoms with van der Waals surface area (Å²) >= 11 is 4.87. The first-order valence-corrected chi connectivity index (χ1v) is 9.52. The second-order valence-corrected chi connectivity index (χ2v) is 9.03. The fourth-order valence-corrected chi connectivity index (χ4v) is 4.97. The summed E-state index contributed by atoms with van der Waals surface area (Å²) in [7, 11) is -0.909. The maximum atomic E-state index is 11.4. The topological polar surface area (TPSA) is 64.8 Å². The number of halogens is 1. The van der Waals surface area contributed by atoms with Gasteiger partial charge in [-0.3, -0.25) is 0 Å². The van der Waals surface area contributed by atoms with Gasteiger partial charge in [-0.1, -0.05) is 34.3 Å². The van der Waals surface area contributed by atoms with Gasteiger partial charge in [0.1, 0.15) is 5.82 Å². The fraction of sp³-hybridized carbons (Fsp3) is 0.636. The Balaban J connectivity index is 2.00. The number of rotatable bonds is 5. The minimum atomic E-state index is -2.82. The second-order valence-electron chi connectivity index (χ2n) is 4.74. The van der Waals surface area contributed by atoms with E-state index < -0.39 is 9.84 Å². The van der Waals surface area contributed by atoms with Crippen molar-refractivity contribution in [1.82, 2.24) is 14.8 Å². The molecule has 0 saturated carbocycles. The highest BCUT2D eigenvalue weighted by Crippen LogP contribution is 2.24. The van der Waals surface area contributed by atoms with E-state index in [9.17, 15) is 8.42 Å². The van der Waals surface area contributed by atoms with Crippen molar-refractivity contribution >= 4 is 37.5 Å². The van der Waals surface area contributed by atoms with Gasteiger partial charge in [0.15, 0.2) is 15.0 Å². The third-order valence-electron chi connectivity index (χ3n) is 3.08. The monoisotopic (exact) mass is 365 g/mol. The molecule has 1 aliphatic heterocycles.